The summed E-state index contributed by atoms with van der Waals surface area (Å²) >= 11 is 0. The van der Waals surface area contributed by atoms with Crippen molar-refractivity contribution in [3.05, 3.63) is 0 Å². The van der Waals surface area contributed by atoms with Crippen LogP contribution in [-0.2, 0) is 4.79 Å². The summed E-state index contributed by atoms with van der Waals surface area (Å²) in [5.41, 5.74) is 0.947. The van der Waals surface area contributed by atoms with Crippen molar-refractivity contribution in [1.29, 1.82) is 0 Å². The molecule has 0 saturated carbocycles. The monoisotopic (exact) mass is 156 g/mol. The van der Waals surface area contributed by atoms with Gasteiger partial charge in [0.15, 0.2) is 0 Å². The van der Waals surface area contributed by atoms with Gasteiger partial charge in [-0.05, 0) is 13.3 Å². The van der Waals surface area contributed by atoms with E-state index in [2.05, 4.69) is 5.10 Å². The number of nitrogens with zero attached hydrogens (tertiary/aromatic N) is 2. The van der Waals surface area contributed by atoms with Crippen LogP contribution in [0.1, 0.15) is 26.7 Å². The number of hydrogen-bond acceptors (Lipinski definition) is 3. The maximum absolute atomic E-state index is 10.7. The first kappa shape index (κ1) is 10.1. The highest BCUT2D eigenvalue weighted by molar-refractivity contribution is 6.00. The highest BCUT2D eigenvalue weighted by Crippen LogP contribution is 1.95. The maximum atomic E-state index is 10.7. The normalized spacial score (nSPS) is 11.5. The summed E-state index contributed by atoms with van der Waals surface area (Å²) < 4.78 is 0. The van der Waals surface area contributed by atoms with Gasteiger partial charge in [-0.15, -0.1) is 0 Å². The lowest BCUT2D eigenvalue weighted by Gasteiger charge is -2.07. The number of hydrazone groups is 1. The van der Waals surface area contributed by atoms with Gasteiger partial charge in [-0.1, -0.05) is 6.92 Å². The third-order valence-corrected chi connectivity index (χ3v) is 1.20. The van der Waals surface area contributed by atoms with E-state index in [0.29, 0.717) is 6.42 Å². The Morgan fingerprint density at radius 1 is 1.45 bits per heavy atom. The summed E-state index contributed by atoms with van der Waals surface area (Å²) in [6.07, 6.45) is 1.33. The van der Waals surface area contributed by atoms with E-state index in [1.165, 1.54) is 0 Å². The average molecular weight is 156 g/mol. The van der Waals surface area contributed by atoms with Gasteiger partial charge in [0.05, 0.1) is 0 Å². The topological polar surface area (TPSA) is 32.7 Å². The fourth-order valence-corrected chi connectivity index (χ4v) is 0.801. The van der Waals surface area contributed by atoms with Gasteiger partial charge in [0.2, 0.25) is 0 Å². The number of ketones is 1. The van der Waals surface area contributed by atoms with Crippen LogP contribution in [0, 0.1) is 0 Å². The van der Waals surface area contributed by atoms with Gasteiger partial charge in [0.1, 0.15) is 5.78 Å². The van der Waals surface area contributed by atoms with Crippen molar-refractivity contribution in [2.45, 2.75) is 26.7 Å². The zero-order chi connectivity index (χ0) is 8.85. The predicted molar refractivity (Wildman–Crippen MR) is 46.7 cm³/mol. The SMILES string of the molecule is CC/C(CC(C)=O)=N\N(C)C. The number of Topliss-reactive ketones (excluding diaryl/α,β-unsaturated/α-hetero) is 1. The van der Waals surface area contributed by atoms with E-state index >= 15 is 0 Å². The molecule has 11 heavy (non-hydrogen) atoms. The predicted octanol–water partition coefficient (Wildman–Crippen LogP) is 1.29. The molecule has 0 unspecified atom stereocenters. The van der Waals surface area contributed by atoms with Gasteiger partial charge in [-0.25, -0.2) is 0 Å². The van der Waals surface area contributed by atoms with E-state index in [1.54, 1.807) is 11.9 Å². The fraction of sp³-hybridized carbons (Fsp3) is 0.750. The molecule has 0 heterocycles. The van der Waals surface area contributed by atoms with Crippen molar-refractivity contribution in [2.24, 2.45) is 5.10 Å². The molecule has 0 aromatic rings. The molecule has 0 radical (unpaired) electrons. The van der Waals surface area contributed by atoms with Gasteiger partial charge in [0.25, 0.3) is 0 Å². The average Bonchev–Trinajstić information content (AvgIpc) is 1.84. The third-order valence-electron chi connectivity index (χ3n) is 1.20. The smallest absolute Gasteiger partial charge is 0.135 e. The van der Waals surface area contributed by atoms with Crippen molar-refractivity contribution in [2.75, 3.05) is 14.1 Å². The Morgan fingerprint density at radius 3 is 2.27 bits per heavy atom. The largest absolute Gasteiger partial charge is 0.303 e. The molecule has 3 heteroatoms. The fourth-order valence-electron chi connectivity index (χ4n) is 0.801. The van der Waals surface area contributed by atoms with E-state index in [0.717, 1.165) is 12.1 Å². The Bertz CT molecular complexity index is 161. The molecule has 0 saturated heterocycles. The van der Waals surface area contributed by atoms with Crippen LogP contribution in [0.25, 0.3) is 0 Å². The molecule has 0 aliphatic heterocycles. The molecule has 0 aromatic heterocycles. The van der Waals surface area contributed by atoms with Gasteiger partial charge >= 0.3 is 0 Å². The molecule has 3 nitrogen and oxygen atoms in total. The molecule has 64 valence electrons. The Morgan fingerprint density at radius 2 is 2.00 bits per heavy atom. The van der Waals surface area contributed by atoms with Crippen LogP contribution in [0.5, 0.6) is 0 Å². The molecule has 0 aliphatic rings. The van der Waals surface area contributed by atoms with Crippen molar-refractivity contribution >= 4 is 11.5 Å². The summed E-state index contributed by atoms with van der Waals surface area (Å²) in [7, 11) is 3.71. The van der Waals surface area contributed by atoms with Crippen LogP contribution in [-0.4, -0.2) is 30.6 Å². The van der Waals surface area contributed by atoms with E-state index in [1.807, 2.05) is 21.0 Å². The first-order valence-corrected chi connectivity index (χ1v) is 3.79. The zero-order valence-electron chi connectivity index (χ0n) is 7.72. The highest BCUT2D eigenvalue weighted by atomic mass is 16.1. The summed E-state index contributed by atoms with van der Waals surface area (Å²) in [6, 6.07) is 0. The third kappa shape index (κ3) is 5.58. The van der Waals surface area contributed by atoms with E-state index < -0.39 is 0 Å². The summed E-state index contributed by atoms with van der Waals surface area (Å²) in [6.45, 7) is 3.59. The second-order valence-corrected chi connectivity index (χ2v) is 2.75. The quantitative estimate of drug-likeness (QED) is 0.454. The van der Waals surface area contributed by atoms with Crippen LogP contribution in [0.3, 0.4) is 0 Å². The minimum absolute atomic E-state index is 0.174. The van der Waals surface area contributed by atoms with Gasteiger partial charge in [-0.2, -0.15) is 5.10 Å². The summed E-state index contributed by atoms with van der Waals surface area (Å²) in [4.78, 5) is 10.7. The lowest BCUT2D eigenvalue weighted by molar-refractivity contribution is -0.115. The Balaban J connectivity index is 4.05. The molecule has 0 aromatic carbocycles. The number of rotatable bonds is 4. The first-order valence-electron chi connectivity index (χ1n) is 3.79. The second-order valence-electron chi connectivity index (χ2n) is 2.75. The van der Waals surface area contributed by atoms with Crippen molar-refractivity contribution in [1.82, 2.24) is 5.01 Å². The molecule has 0 fully saturated rings. The van der Waals surface area contributed by atoms with Crippen molar-refractivity contribution in [3.63, 3.8) is 0 Å². The molecular formula is C8H16N2O. The standard InChI is InChI=1S/C8H16N2O/c1-5-8(6-7(2)11)9-10(3)4/h5-6H2,1-4H3/b9-8+. The van der Waals surface area contributed by atoms with E-state index in [4.69, 9.17) is 0 Å². The van der Waals surface area contributed by atoms with Gasteiger partial charge in [-0.3, -0.25) is 4.79 Å². The minimum atomic E-state index is 0.174. The molecule has 0 spiro atoms. The number of carbonyl (C=O) groups is 1. The maximum Gasteiger partial charge on any atom is 0.135 e. The van der Waals surface area contributed by atoms with Crippen molar-refractivity contribution in [3.8, 4) is 0 Å². The van der Waals surface area contributed by atoms with Gasteiger partial charge in [0, 0.05) is 26.2 Å². The molecule has 0 rings (SSSR count). The highest BCUT2D eigenvalue weighted by Gasteiger charge is 2.00. The zero-order valence-corrected chi connectivity index (χ0v) is 7.72. The van der Waals surface area contributed by atoms with Crippen LogP contribution < -0.4 is 0 Å². The van der Waals surface area contributed by atoms with Crippen LogP contribution in [0.4, 0.5) is 0 Å². The van der Waals surface area contributed by atoms with E-state index in [9.17, 15) is 4.79 Å². The molecule has 0 aliphatic carbocycles. The first-order chi connectivity index (χ1) is 5.06. The molecule has 0 atom stereocenters. The second kappa shape index (κ2) is 4.88. The molecule has 0 N–H and O–H groups in total. The Labute approximate surface area is 68.1 Å². The molecular weight excluding hydrogens is 140 g/mol. The van der Waals surface area contributed by atoms with Gasteiger partial charge < -0.3 is 5.01 Å². The van der Waals surface area contributed by atoms with E-state index in [-0.39, 0.29) is 5.78 Å². The lowest BCUT2D eigenvalue weighted by Crippen LogP contribution is -2.10. The van der Waals surface area contributed by atoms with Crippen LogP contribution in [0.2, 0.25) is 0 Å². The Hall–Kier alpha value is -0.860. The summed E-state index contributed by atoms with van der Waals surface area (Å²) in [5, 5.41) is 5.89. The Kier molecular flexibility index (Phi) is 4.50. The summed E-state index contributed by atoms with van der Waals surface area (Å²) in [5.74, 6) is 0.174. The van der Waals surface area contributed by atoms with Crippen LogP contribution in [0.15, 0.2) is 5.10 Å². The number of hydrogen-bond donors (Lipinski definition) is 0. The molecule has 0 amide bonds. The number of carbonyl (C=O) groups excluding carboxylic acids is 1. The minimum Gasteiger partial charge on any atom is -0.303 e. The molecule has 0 bridgehead atoms. The van der Waals surface area contributed by atoms with Crippen LogP contribution >= 0.6 is 0 Å². The lowest BCUT2D eigenvalue weighted by atomic mass is 10.2. The van der Waals surface area contributed by atoms with Crippen molar-refractivity contribution < 1.29 is 4.79 Å².